The molecule has 0 unspecified atom stereocenters. The molecule has 104 valence electrons. The first kappa shape index (κ1) is 13.4. The first-order valence-electron chi connectivity index (χ1n) is 7.27. The highest BCUT2D eigenvalue weighted by molar-refractivity contribution is 9.10. The molecule has 2 fully saturated rings. The largest absolute Gasteiger partial charge is 0.496 e. The van der Waals surface area contributed by atoms with Crippen LogP contribution in [0.15, 0.2) is 22.7 Å². The molecule has 2 aliphatic rings. The van der Waals surface area contributed by atoms with E-state index in [2.05, 4.69) is 39.4 Å². The monoisotopic (exact) mass is 323 g/mol. The lowest BCUT2D eigenvalue weighted by molar-refractivity contribution is 0.128. The van der Waals surface area contributed by atoms with Crippen molar-refractivity contribution in [2.45, 2.75) is 44.6 Å². The highest BCUT2D eigenvalue weighted by atomic mass is 79.9. The van der Waals surface area contributed by atoms with E-state index >= 15 is 0 Å². The maximum Gasteiger partial charge on any atom is 0.122 e. The third kappa shape index (κ3) is 3.14. The Morgan fingerprint density at radius 2 is 2.16 bits per heavy atom. The number of hydrogen-bond acceptors (Lipinski definition) is 2. The second-order valence-electron chi connectivity index (χ2n) is 6.14. The van der Waals surface area contributed by atoms with E-state index in [1.165, 1.54) is 44.2 Å². The van der Waals surface area contributed by atoms with E-state index in [0.29, 0.717) is 5.41 Å². The molecule has 19 heavy (non-hydrogen) atoms. The number of methoxy groups -OCH3 is 1. The van der Waals surface area contributed by atoms with Gasteiger partial charge in [0.2, 0.25) is 0 Å². The van der Waals surface area contributed by atoms with Crippen LogP contribution in [0.1, 0.15) is 37.7 Å². The van der Waals surface area contributed by atoms with Crippen molar-refractivity contribution in [1.29, 1.82) is 0 Å². The summed E-state index contributed by atoms with van der Waals surface area (Å²) < 4.78 is 6.66. The highest BCUT2D eigenvalue weighted by Crippen LogP contribution is 2.45. The number of halogens is 1. The van der Waals surface area contributed by atoms with Crippen molar-refractivity contribution in [3.63, 3.8) is 0 Å². The van der Waals surface area contributed by atoms with Crippen LogP contribution in [0.4, 0.5) is 0 Å². The van der Waals surface area contributed by atoms with E-state index < -0.39 is 0 Å². The lowest BCUT2D eigenvalue weighted by atomic mass is 9.65. The molecular weight excluding hydrogens is 302 g/mol. The minimum atomic E-state index is 0.469. The zero-order valence-electron chi connectivity index (χ0n) is 11.5. The van der Waals surface area contributed by atoms with Gasteiger partial charge in [0.25, 0.3) is 0 Å². The average Bonchev–Trinajstić information content (AvgIpc) is 3.16. The molecule has 3 rings (SSSR count). The van der Waals surface area contributed by atoms with Gasteiger partial charge < -0.3 is 10.1 Å². The molecule has 1 aromatic carbocycles. The number of benzene rings is 1. The lowest BCUT2D eigenvalue weighted by Gasteiger charge is -2.43. The first-order valence-corrected chi connectivity index (χ1v) is 8.06. The smallest absolute Gasteiger partial charge is 0.122 e. The Morgan fingerprint density at radius 3 is 2.74 bits per heavy atom. The Kier molecular flexibility index (Phi) is 3.86. The highest BCUT2D eigenvalue weighted by Gasteiger charge is 2.38. The molecule has 0 radical (unpaired) electrons. The van der Waals surface area contributed by atoms with E-state index in [0.717, 1.165) is 22.7 Å². The third-order valence-corrected chi connectivity index (χ3v) is 5.06. The molecule has 0 amide bonds. The fraction of sp³-hybridized carbons (Fsp3) is 0.625. The molecule has 1 N–H and O–H groups in total. The average molecular weight is 324 g/mol. The number of nitrogens with one attached hydrogen (secondary N) is 1. The van der Waals surface area contributed by atoms with Crippen LogP contribution < -0.4 is 10.1 Å². The van der Waals surface area contributed by atoms with Gasteiger partial charge in [-0.2, -0.15) is 0 Å². The van der Waals surface area contributed by atoms with Gasteiger partial charge in [-0.15, -0.1) is 0 Å². The van der Waals surface area contributed by atoms with Gasteiger partial charge in [0, 0.05) is 17.1 Å². The summed E-state index contributed by atoms with van der Waals surface area (Å²) in [5.41, 5.74) is 1.81. The second kappa shape index (κ2) is 5.45. The standard InChI is InChI=1S/C16H22BrNO/c1-19-15-6-3-13(17)9-12(15)10-16(7-2-8-16)11-18-14-4-5-14/h3,6,9,14,18H,2,4-5,7-8,10-11H2,1H3. The summed E-state index contributed by atoms with van der Waals surface area (Å²) in [6.45, 7) is 1.17. The Morgan fingerprint density at radius 1 is 1.37 bits per heavy atom. The molecule has 0 saturated heterocycles. The minimum Gasteiger partial charge on any atom is -0.496 e. The van der Waals surface area contributed by atoms with Gasteiger partial charge in [0.1, 0.15) is 5.75 Å². The van der Waals surface area contributed by atoms with Gasteiger partial charge in [-0.05, 0) is 61.3 Å². The van der Waals surface area contributed by atoms with Crippen LogP contribution in [0, 0.1) is 5.41 Å². The molecule has 2 nitrogen and oxygen atoms in total. The van der Waals surface area contributed by atoms with Crippen molar-refractivity contribution >= 4 is 15.9 Å². The summed E-state index contributed by atoms with van der Waals surface area (Å²) in [4.78, 5) is 0. The van der Waals surface area contributed by atoms with Gasteiger partial charge in [0.15, 0.2) is 0 Å². The van der Waals surface area contributed by atoms with Crippen LogP contribution in [0.2, 0.25) is 0 Å². The van der Waals surface area contributed by atoms with Crippen LogP contribution >= 0.6 is 15.9 Å². The van der Waals surface area contributed by atoms with Crippen molar-refractivity contribution < 1.29 is 4.74 Å². The third-order valence-electron chi connectivity index (χ3n) is 4.57. The first-order chi connectivity index (χ1) is 9.21. The Bertz CT molecular complexity index is 452. The molecule has 2 aliphatic carbocycles. The molecule has 1 aromatic rings. The fourth-order valence-corrected chi connectivity index (χ4v) is 3.44. The van der Waals surface area contributed by atoms with Crippen LogP contribution in [-0.4, -0.2) is 19.7 Å². The summed E-state index contributed by atoms with van der Waals surface area (Å²) in [5.74, 6) is 1.03. The van der Waals surface area contributed by atoms with Crippen molar-refractivity contribution in [1.82, 2.24) is 5.32 Å². The van der Waals surface area contributed by atoms with Crippen LogP contribution in [0.3, 0.4) is 0 Å². The second-order valence-corrected chi connectivity index (χ2v) is 7.06. The summed E-state index contributed by atoms with van der Waals surface area (Å²) >= 11 is 3.57. The van der Waals surface area contributed by atoms with E-state index in [4.69, 9.17) is 4.74 Å². The van der Waals surface area contributed by atoms with Crippen molar-refractivity contribution in [2.75, 3.05) is 13.7 Å². The van der Waals surface area contributed by atoms with Crippen molar-refractivity contribution in [2.24, 2.45) is 5.41 Å². The van der Waals surface area contributed by atoms with E-state index in [1.54, 1.807) is 7.11 Å². The molecule has 0 aromatic heterocycles. The predicted octanol–water partition coefficient (Wildman–Crippen LogP) is 3.92. The zero-order chi connectivity index (χ0) is 13.3. The minimum absolute atomic E-state index is 0.469. The fourth-order valence-electron chi connectivity index (χ4n) is 3.03. The van der Waals surface area contributed by atoms with E-state index in [9.17, 15) is 0 Å². The normalized spacial score (nSPS) is 20.9. The van der Waals surface area contributed by atoms with Gasteiger partial charge in [0.05, 0.1) is 7.11 Å². The zero-order valence-corrected chi connectivity index (χ0v) is 13.1. The predicted molar refractivity (Wildman–Crippen MR) is 81.7 cm³/mol. The number of hydrogen-bond donors (Lipinski definition) is 1. The number of ether oxygens (including phenoxy) is 1. The Labute approximate surface area is 124 Å². The number of rotatable bonds is 6. The molecule has 0 heterocycles. The van der Waals surface area contributed by atoms with Gasteiger partial charge in [-0.25, -0.2) is 0 Å². The van der Waals surface area contributed by atoms with Crippen molar-refractivity contribution in [3.05, 3.63) is 28.2 Å². The van der Waals surface area contributed by atoms with Crippen molar-refractivity contribution in [3.8, 4) is 5.75 Å². The van der Waals surface area contributed by atoms with Crippen LogP contribution in [0.5, 0.6) is 5.75 Å². The summed E-state index contributed by atoms with van der Waals surface area (Å²) in [6.07, 6.45) is 7.95. The molecule has 0 atom stereocenters. The van der Waals surface area contributed by atoms with Gasteiger partial charge in [-0.3, -0.25) is 0 Å². The van der Waals surface area contributed by atoms with Gasteiger partial charge in [-0.1, -0.05) is 22.4 Å². The summed E-state index contributed by atoms with van der Waals surface area (Å²) in [6, 6.07) is 7.15. The van der Waals surface area contributed by atoms with E-state index in [1.807, 2.05) is 0 Å². The molecular formula is C16H22BrNO. The van der Waals surface area contributed by atoms with E-state index in [-0.39, 0.29) is 0 Å². The maximum atomic E-state index is 5.51. The van der Waals surface area contributed by atoms with Gasteiger partial charge >= 0.3 is 0 Å². The maximum absolute atomic E-state index is 5.51. The Hall–Kier alpha value is -0.540. The summed E-state index contributed by atoms with van der Waals surface area (Å²) in [7, 11) is 1.77. The molecule has 0 bridgehead atoms. The molecule has 2 saturated carbocycles. The van der Waals surface area contributed by atoms with Crippen LogP contribution in [0.25, 0.3) is 0 Å². The quantitative estimate of drug-likeness (QED) is 0.856. The Balaban J connectivity index is 1.72. The SMILES string of the molecule is COc1ccc(Br)cc1CC1(CNC2CC2)CCC1. The molecule has 0 spiro atoms. The summed E-state index contributed by atoms with van der Waals surface area (Å²) in [5, 5.41) is 3.72. The van der Waals surface area contributed by atoms with Crippen LogP contribution in [-0.2, 0) is 6.42 Å². The molecule has 3 heteroatoms. The molecule has 0 aliphatic heterocycles. The lowest BCUT2D eigenvalue weighted by Crippen LogP contribution is -2.42. The topological polar surface area (TPSA) is 21.3 Å².